The Labute approximate surface area is 168 Å². The number of nitrogens with zero attached hydrogens (tertiary/aromatic N) is 1. The molecular weight excluding hydrogens is 386 g/mol. The van der Waals surface area contributed by atoms with Crippen molar-refractivity contribution in [2.24, 2.45) is 4.99 Å². The Morgan fingerprint density at radius 1 is 0.966 bits per heavy atom. The lowest BCUT2D eigenvalue weighted by molar-refractivity contribution is 0.457. The number of fused-ring (bicyclic) bond motifs is 1. The molecule has 0 aliphatic carbocycles. The normalized spacial score (nSPS) is 12.2. The SMILES string of the molecule is CN=C(c1ccccc1)c1c(O)[nH]c2ccc(NS(=O)(=O)c3ccccc3)cc12. The first-order valence-corrected chi connectivity index (χ1v) is 10.4. The van der Waals surface area contributed by atoms with Crippen molar-refractivity contribution >= 4 is 32.3 Å². The van der Waals surface area contributed by atoms with Crippen molar-refractivity contribution in [3.63, 3.8) is 0 Å². The zero-order valence-corrected chi connectivity index (χ0v) is 16.4. The van der Waals surface area contributed by atoms with Crippen LogP contribution in [0.15, 0.2) is 88.8 Å². The minimum absolute atomic E-state index is 0.0208. The van der Waals surface area contributed by atoms with Crippen molar-refractivity contribution in [3.8, 4) is 5.88 Å². The summed E-state index contributed by atoms with van der Waals surface area (Å²) in [7, 11) is -2.06. The molecule has 0 bridgehead atoms. The topological polar surface area (TPSA) is 94.6 Å². The molecule has 0 saturated carbocycles. The van der Waals surface area contributed by atoms with Crippen LogP contribution in [0.1, 0.15) is 11.1 Å². The zero-order valence-electron chi connectivity index (χ0n) is 15.6. The van der Waals surface area contributed by atoms with Gasteiger partial charge in [0.25, 0.3) is 10.0 Å². The Bertz CT molecular complexity index is 1300. The summed E-state index contributed by atoms with van der Waals surface area (Å²) in [4.78, 5) is 7.47. The third-order valence-corrected chi connectivity index (χ3v) is 5.99. The lowest BCUT2D eigenvalue weighted by Gasteiger charge is -2.09. The van der Waals surface area contributed by atoms with Crippen LogP contribution in [0.5, 0.6) is 5.88 Å². The summed E-state index contributed by atoms with van der Waals surface area (Å²) in [6.07, 6.45) is 0. The second-order valence-electron chi connectivity index (χ2n) is 6.47. The number of anilines is 1. The molecule has 0 radical (unpaired) electrons. The molecule has 0 saturated heterocycles. The molecule has 3 N–H and O–H groups in total. The first-order chi connectivity index (χ1) is 14.0. The number of benzene rings is 3. The van der Waals surface area contributed by atoms with Crippen molar-refractivity contribution in [1.82, 2.24) is 4.98 Å². The molecule has 0 atom stereocenters. The highest BCUT2D eigenvalue weighted by molar-refractivity contribution is 7.92. The summed E-state index contributed by atoms with van der Waals surface area (Å²) in [5.41, 5.74) is 3.05. The van der Waals surface area contributed by atoms with E-state index >= 15 is 0 Å². The number of aromatic amines is 1. The molecule has 4 rings (SSSR count). The van der Waals surface area contributed by atoms with Gasteiger partial charge in [-0.15, -0.1) is 0 Å². The average Bonchev–Trinajstić information content (AvgIpc) is 3.05. The van der Waals surface area contributed by atoms with E-state index in [0.717, 1.165) is 5.56 Å². The minimum Gasteiger partial charge on any atom is -0.494 e. The van der Waals surface area contributed by atoms with Gasteiger partial charge < -0.3 is 10.1 Å². The highest BCUT2D eigenvalue weighted by atomic mass is 32.2. The molecule has 4 aromatic rings. The molecule has 1 aromatic heterocycles. The molecule has 0 amide bonds. The standard InChI is InChI=1S/C22H19N3O3S/c1-23-21(15-8-4-2-5-9-15)20-18-14-16(12-13-19(18)24-22(20)26)25-29(27,28)17-10-6-3-7-11-17/h2-14,24-26H,1H3. The number of rotatable bonds is 5. The van der Waals surface area contributed by atoms with E-state index in [1.54, 1.807) is 43.4 Å². The number of hydrogen-bond donors (Lipinski definition) is 3. The minimum atomic E-state index is -3.72. The van der Waals surface area contributed by atoms with Crippen LogP contribution >= 0.6 is 0 Å². The fourth-order valence-electron chi connectivity index (χ4n) is 3.28. The van der Waals surface area contributed by atoms with Gasteiger partial charge in [0.05, 0.1) is 16.2 Å². The molecule has 6 nitrogen and oxygen atoms in total. The number of hydrogen-bond acceptors (Lipinski definition) is 4. The van der Waals surface area contributed by atoms with Gasteiger partial charge in [-0.05, 0) is 30.3 Å². The Hall–Kier alpha value is -3.58. The van der Waals surface area contributed by atoms with Crippen LogP contribution in [-0.4, -0.2) is 31.3 Å². The molecule has 3 aromatic carbocycles. The van der Waals surface area contributed by atoms with E-state index < -0.39 is 10.0 Å². The molecule has 0 fully saturated rings. The summed E-state index contributed by atoms with van der Waals surface area (Å²) in [5, 5.41) is 11.2. The predicted octanol–water partition coefficient (Wildman–Crippen LogP) is 4.14. The van der Waals surface area contributed by atoms with Crippen LogP contribution in [0.3, 0.4) is 0 Å². The van der Waals surface area contributed by atoms with E-state index in [0.29, 0.717) is 27.9 Å². The Morgan fingerprint density at radius 3 is 2.28 bits per heavy atom. The summed E-state index contributed by atoms with van der Waals surface area (Å²) >= 11 is 0. The number of H-pyrrole nitrogens is 1. The van der Waals surface area contributed by atoms with Crippen molar-refractivity contribution < 1.29 is 13.5 Å². The van der Waals surface area contributed by atoms with Gasteiger partial charge in [0, 0.05) is 29.2 Å². The van der Waals surface area contributed by atoms with Crippen LogP contribution < -0.4 is 4.72 Å². The number of aliphatic imine (C=N–C) groups is 1. The molecule has 0 aliphatic heterocycles. The average molecular weight is 405 g/mol. The van der Waals surface area contributed by atoms with E-state index in [4.69, 9.17) is 0 Å². The summed E-state index contributed by atoms with van der Waals surface area (Å²) in [6.45, 7) is 0. The van der Waals surface area contributed by atoms with Gasteiger partial charge in [-0.1, -0.05) is 48.5 Å². The zero-order chi connectivity index (χ0) is 20.4. The maximum atomic E-state index is 12.6. The lowest BCUT2D eigenvalue weighted by Crippen LogP contribution is -2.12. The first-order valence-electron chi connectivity index (χ1n) is 8.95. The van der Waals surface area contributed by atoms with Crippen molar-refractivity contribution in [1.29, 1.82) is 0 Å². The van der Waals surface area contributed by atoms with Crippen LogP contribution in [-0.2, 0) is 10.0 Å². The fourth-order valence-corrected chi connectivity index (χ4v) is 4.35. The molecule has 0 aliphatic rings. The van der Waals surface area contributed by atoms with Crippen LogP contribution in [0.2, 0.25) is 0 Å². The van der Waals surface area contributed by atoms with Gasteiger partial charge >= 0.3 is 0 Å². The second kappa shape index (κ2) is 7.44. The fraction of sp³-hybridized carbons (Fsp3) is 0.0455. The summed E-state index contributed by atoms with van der Waals surface area (Å²) < 4.78 is 27.9. The third-order valence-electron chi connectivity index (χ3n) is 4.59. The largest absolute Gasteiger partial charge is 0.494 e. The van der Waals surface area contributed by atoms with Gasteiger partial charge in [0.2, 0.25) is 0 Å². The smallest absolute Gasteiger partial charge is 0.261 e. The molecule has 146 valence electrons. The molecule has 1 heterocycles. The summed E-state index contributed by atoms with van der Waals surface area (Å²) in [5.74, 6) is -0.0208. The van der Waals surface area contributed by atoms with E-state index in [1.165, 1.54) is 12.1 Å². The quantitative estimate of drug-likeness (QED) is 0.436. The van der Waals surface area contributed by atoms with Gasteiger partial charge in [-0.2, -0.15) is 0 Å². The molecule has 0 spiro atoms. The van der Waals surface area contributed by atoms with Crippen LogP contribution in [0.4, 0.5) is 5.69 Å². The number of nitrogens with one attached hydrogen (secondary N) is 2. The van der Waals surface area contributed by atoms with Crippen LogP contribution in [0.25, 0.3) is 10.9 Å². The van der Waals surface area contributed by atoms with E-state index in [9.17, 15) is 13.5 Å². The molecule has 7 heteroatoms. The van der Waals surface area contributed by atoms with Gasteiger partial charge in [-0.25, -0.2) is 8.42 Å². The summed E-state index contributed by atoms with van der Waals surface area (Å²) in [6, 6.07) is 22.7. The van der Waals surface area contributed by atoms with Crippen molar-refractivity contribution in [2.45, 2.75) is 4.90 Å². The Balaban J connectivity index is 1.80. The lowest BCUT2D eigenvalue weighted by atomic mass is 10.0. The van der Waals surface area contributed by atoms with Gasteiger partial charge in [0.15, 0.2) is 5.88 Å². The third kappa shape index (κ3) is 3.60. The molecular formula is C22H19N3O3S. The van der Waals surface area contributed by atoms with Gasteiger partial charge in [-0.3, -0.25) is 9.71 Å². The number of sulfonamides is 1. The predicted molar refractivity (Wildman–Crippen MR) is 115 cm³/mol. The Morgan fingerprint density at radius 2 is 1.62 bits per heavy atom. The van der Waals surface area contributed by atoms with E-state index in [1.807, 2.05) is 30.3 Å². The highest BCUT2D eigenvalue weighted by Crippen LogP contribution is 2.32. The number of aromatic nitrogens is 1. The molecule has 29 heavy (non-hydrogen) atoms. The maximum Gasteiger partial charge on any atom is 0.261 e. The van der Waals surface area contributed by atoms with Gasteiger partial charge in [0.1, 0.15) is 0 Å². The van der Waals surface area contributed by atoms with E-state index in [2.05, 4.69) is 14.7 Å². The highest BCUT2D eigenvalue weighted by Gasteiger charge is 2.19. The second-order valence-corrected chi connectivity index (χ2v) is 8.15. The van der Waals surface area contributed by atoms with E-state index in [-0.39, 0.29) is 10.8 Å². The first kappa shape index (κ1) is 18.8. The van der Waals surface area contributed by atoms with Crippen molar-refractivity contribution in [2.75, 3.05) is 11.8 Å². The molecule has 0 unspecified atom stereocenters. The van der Waals surface area contributed by atoms with Crippen LogP contribution in [0, 0.1) is 0 Å². The maximum absolute atomic E-state index is 12.6. The monoisotopic (exact) mass is 405 g/mol. The Kier molecular flexibility index (Phi) is 4.82. The number of aromatic hydroxyl groups is 1. The van der Waals surface area contributed by atoms with Crippen molar-refractivity contribution in [3.05, 3.63) is 90.0 Å².